The third-order valence-electron chi connectivity index (χ3n) is 2.03. The lowest BCUT2D eigenvalue weighted by atomic mass is 10.2. The Labute approximate surface area is 112 Å². The van der Waals surface area contributed by atoms with Crippen LogP contribution in [-0.2, 0) is 16.2 Å². The maximum Gasteiger partial charge on any atom is 0.416 e. The standard InChI is InChI=1S/C10H11BrF3NO2S/c1-2-5-18(16,17)15-9-6-7(10(12,13)14)3-4-8(9)11/h3-4,6,15H,2,5H2,1H3. The monoisotopic (exact) mass is 345 g/mol. The van der Waals surface area contributed by atoms with E-state index in [1.165, 1.54) is 0 Å². The van der Waals surface area contributed by atoms with Crippen LogP contribution in [0.25, 0.3) is 0 Å². The lowest BCUT2D eigenvalue weighted by Gasteiger charge is -2.12. The Kier molecular flexibility index (Phi) is 4.66. The van der Waals surface area contributed by atoms with Gasteiger partial charge in [-0.2, -0.15) is 13.2 Å². The van der Waals surface area contributed by atoms with E-state index >= 15 is 0 Å². The molecule has 0 fully saturated rings. The van der Waals surface area contributed by atoms with Gasteiger partial charge in [0.15, 0.2) is 0 Å². The van der Waals surface area contributed by atoms with Gasteiger partial charge in [-0.1, -0.05) is 6.92 Å². The molecule has 1 aromatic rings. The highest BCUT2D eigenvalue weighted by molar-refractivity contribution is 9.10. The first kappa shape index (κ1) is 15.3. The fraction of sp³-hybridized carbons (Fsp3) is 0.400. The largest absolute Gasteiger partial charge is 0.416 e. The van der Waals surface area contributed by atoms with Gasteiger partial charge in [0.25, 0.3) is 0 Å². The summed E-state index contributed by atoms with van der Waals surface area (Å²) in [5, 5.41) is 0. The van der Waals surface area contributed by atoms with Crippen LogP contribution in [0.4, 0.5) is 18.9 Å². The van der Waals surface area contributed by atoms with E-state index in [2.05, 4.69) is 20.7 Å². The molecule has 0 saturated carbocycles. The van der Waals surface area contributed by atoms with Crippen LogP contribution < -0.4 is 4.72 Å². The molecule has 1 rings (SSSR count). The van der Waals surface area contributed by atoms with Gasteiger partial charge in [0.1, 0.15) is 0 Å². The number of halogens is 4. The molecule has 0 spiro atoms. The van der Waals surface area contributed by atoms with Gasteiger partial charge >= 0.3 is 6.18 Å². The third kappa shape index (κ3) is 4.16. The minimum atomic E-state index is -4.51. The molecule has 3 nitrogen and oxygen atoms in total. The second-order valence-corrected chi connectivity index (χ2v) is 6.31. The molecule has 0 unspecified atom stereocenters. The van der Waals surface area contributed by atoms with Crippen molar-refractivity contribution in [3.63, 3.8) is 0 Å². The minimum Gasteiger partial charge on any atom is -0.282 e. The summed E-state index contributed by atoms with van der Waals surface area (Å²) in [5.41, 5.74) is -1.02. The van der Waals surface area contributed by atoms with Crippen molar-refractivity contribution in [2.24, 2.45) is 0 Å². The van der Waals surface area contributed by atoms with Crippen molar-refractivity contribution >= 4 is 31.6 Å². The number of sulfonamides is 1. The summed E-state index contributed by atoms with van der Waals surface area (Å²) in [6, 6.07) is 2.80. The smallest absolute Gasteiger partial charge is 0.282 e. The van der Waals surface area contributed by atoms with Crippen LogP contribution in [0.2, 0.25) is 0 Å². The quantitative estimate of drug-likeness (QED) is 0.905. The Morgan fingerprint density at radius 2 is 1.94 bits per heavy atom. The van der Waals surface area contributed by atoms with Gasteiger partial charge < -0.3 is 0 Å². The number of nitrogens with one attached hydrogen (secondary N) is 1. The van der Waals surface area contributed by atoms with Gasteiger partial charge in [-0.05, 0) is 40.5 Å². The number of anilines is 1. The first-order valence-corrected chi connectivity index (χ1v) is 7.47. The van der Waals surface area contributed by atoms with Crippen molar-refractivity contribution in [2.45, 2.75) is 19.5 Å². The molecule has 0 aliphatic carbocycles. The van der Waals surface area contributed by atoms with Crippen molar-refractivity contribution in [3.8, 4) is 0 Å². The molecule has 102 valence electrons. The number of alkyl halides is 3. The van der Waals surface area contributed by atoms with Crippen LogP contribution in [0.15, 0.2) is 22.7 Å². The normalized spacial score (nSPS) is 12.5. The fourth-order valence-corrected chi connectivity index (χ4v) is 2.89. The van der Waals surface area contributed by atoms with Crippen LogP contribution in [0.1, 0.15) is 18.9 Å². The van der Waals surface area contributed by atoms with E-state index < -0.39 is 21.8 Å². The molecule has 1 N–H and O–H groups in total. The topological polar surface area (TPSA) is 46.2 Å². The zero-order valence-corrected chi connectivity index (χ0v) is 11.8. The maximum atomic E-state index is 12.5. The molecule has 0 radical (unpaired) electrons. The second kappa shape index (κ2) is 5.48. The average Bonchev–Trinajstić information content (AvgIpc) is 2.19. The van der Waals surface area contributed by atoms with E-state index in [1.54, 1.807) is 6.92 Å². The van der Waals surface area contributed by atoms with Gasteiger partial charge in [-0.3, -0.25) is 4.72 Å². The molecule has 0 saturated heterocycles. The third-order valence-corrected chi connectivity index (χ3v) is 4.20. The predicted molar refractivity (Wildman–Crippen MR) is 66.8 cm³/mol. The Hall–Kier alpha value is -0.760. The van der Waals surface area contributed by atoms with E-state index in [0.717, 1.165) is 18.2 Å². The van der Waals surface area contributed by atoms with Gasteiger partial charge in [0.05, 0.1) is 17.0 Å². The summed E-state index contributed by atoms with van der Waals surface area (Å²) < 4.78 is 62.8. The molecule has 0 amide bonds. The van der Waals surface area contributed by atoms with Crippen LogP contribution in [0, 0.1) is 0 Å². The lowest BCUT2D eigenvalue weighted by molar-refractivity contribution is -0.137. The van der Waals surface area contributed by atoms with Crippen LogP contribution in [0.5, 0.6) is 0 Å². The van der Waals surface area contributed by atoms with Crippen molar-refractivity contribution in [3.05, 3.63) is 28.2 Å². The van der Waals surface area contributed by atoms with Crippen LogP contribution in [0.3, 0.4) is 0 Å². The van der Waals surface area contributed by atoms with E-state index in [-0.39, 0.29) is 15.9 Å². The van der Waals surface area contributed by atoms with Crippen molar-refractivity contribution in [1.29, 1.82) is 0 Å². The number of rotatable bonds is 4. The summed E-state index contributed by atoms with van der Waals surface area (Å²) in [6.07, 6.45) is -4.13. The van der Waals surface area contributed by atoms with Gasteiger partial charge in [0.2, 0.25) is 10.0 Å². The highest BCUT2D eigenvalue weighted by atomic mass is 79.9. The fourth-order valence-electron chi connectivity index (χ4n) is 1.27. The molecule has 0 heterocycles. The Morgan fingerprint density at radius 3 is 2.44 bits per heavy atom. The van der Waals surface area contributed by atoms with Gasteiger partial charge in [-0.25, -0.2) is 8.42 Å². The molecule has 0 atom stereocenters. The number of hydrogen-bond acceptors (Lipinski definition) is 2. The van der Waals surface area contributed by atoms with E-state index in [4.69, 9.17) is 0 Å². The molecular weight excluding hydrogens is 335 g/mol. The average molecular weight is 346 g/mol. The predicted octanol–water partition coefficient (Wildman–Crippen LogP) is 3.62. The summed E-state index contributed by atoms with van der Waals surface area (Å²) >= 11 is 3.01. The number of hydrogen-bond donors (Lipinski definition) is 1. The van der Waals surface area contributed by atoms with Gasteiger partial charge in [-0.15, -0.1) is 0 Å². The first-order valence-electron chi connectivity index (χ1n) is 5.03. The van der Waals surface area contributed by atoms with E-state index in [0.29, 0.717) is 6.42 Å². The first-order chi connectivity index (χ1) is 8.15. The maximum absolute atomic E-state index is 12.5. The molecule has 0 aromatic heterocycles. The molecule has 0 aliphatic rings. The Bertz CT molecular complexity index is 528. The summed E-state index contributed by atoms with van der Waals surface area (Å²) in [6.45, 7) is 1.67. The number of benzene rings is 1. The van der Waals surface area contributed by atoms with E-state index in [1.807, 2.05) is 0 Å². The molecule has 18 heavy (non-hydrogen) atoms. The van der Waals surface area contributed by atoms with E-state index in [9.17, 15) is 21.6 Å². The summed E-state index contributed by atoms with van der Waals surface area (Å²) in [5.74, 6) is -0.143. The minimum absolute atomic E-state index is 0.113. The SMILES string of the molecule is CCCS(=O)(=O)Nc1cc(C(F)(F)F)ccc1Br. The Balaban J connectivity index is 3.10. The molecule has 1 aromatic carbocycles. The molecule has 0 aliphatic heterocycles. The van der Waals surface area contributed by atoms with Crippen LogP contribution >= 0.6 is 15.9 Å². The molecular formula is C10H11BrF3NO2S. The zero-order chi connectivity index (χ0) is 14.0. The van der Waals surface area contributed by atoms with Gasteiger partial charge in [0, 0.05) is 4.47 Å². The summed E-state index contributed by atoms with van der Waals surface area (Å²) in [4.78, 5) is 0. The zero-order valence-electron chi connectivity index (χ0n) is 9.38. The van der Waals surface area contributed by atoms with Crippen LogP contribution in [-0.4, -0.2) is 14.2 Å². The Morgan fingerprint density at radius 1 is 1.33 bits per heavy atom. The highest BCUT2D eigenvalue weighted by Crippen LogP contribution is 2.34. The van der Waals surface area contributed by atoms with Crippen molar-refractivity contribution in [2.75, 3.05) is 10.5 Å². The lowest BCUT2D eigenvalue weighted by Crippen LogP contribution is -2.17. The van der Waals surface area contributed by atoms with Crippen molar-refractivity contribution in [1.82, 2.24) is 0 Å². The molecule has 8 heteroatoms. The highest BCUT2D eigenvalue weighted by Gasteiger charge is 2.31. The second-order valence-electron chi connectivity index (χ2n) is 3.61. The molecule has 0 bridgehead atoms. The van der Waals surface area contributed by atoms with Crippen molar-refractivity contribution < 1.29 is 21.6 Å². The summed E-state index contributed by atoms with van der Waals surface area (Å²) in [7, 11) is -3.62.